The van der Waals surface area contributed by atoms with Crippen molar-refractivity contribution < 1.29 is 4.74 Å². The van der Waals surface area contributed by atoms with Gasteiger partial charge in [-0.3, -0.25) is 0 Å². The molecule has 0 aromatic carbocycles. The monoisotopic (exact) mass is 285 g/mol. The molecule has 0 spiro atoms. The van der Waals surface area contributed by atoms with Gasteiger partial charge in [-0.05, 0) is 28.4 Å². The smallest absolute Gasteiger partial charge is 0.133 e. The molecule has 0 bridgehead atoms. The molecule has 1 aliphatic rings. The van der Waals surface area contributed by atoms with Crippen molar-refractivity contribution in [3.05, 3.63) is 22.3 Å². The molecule has 0 aliphatic carbocycles. The summed E-state index contributed by atoms with van der Waals surface area (Å²) in [5, 5.41) is 0. The molecule has 0 radical (unpaired) electrons. The molecule has 0 saturated carbocycles. The third kappa shape index (κ3) is 2.36. The third-order valence-corrected chi connectivity index (χ3v) is 3.35. The normalized spacial score (nSPS) is 20.1. The van der Waals surface area contributed by atoms with Gasteiger partial charge in [0.25, 0.3) is 0 Å². The molecule has 16 heavy (non-hydrogen) atoms. The van der Waals surface area contributed by atoms with E-state index in [0.29, 0.717) is 12.6 Å². The standard InChI is InChI=1S/C11H16BrN3O/c1-15(10-2-3-16-7-10)11-8(5-13)4-9(12)6-14-11/h4,6,10H,2-3,5,7,13H2,1H3. The zero-order valence-electron chi connectivity index (χ0n) is 9.32. The number of nitrogens with two attached hydrogens (primary N) is 1. The van der Waals surface area contributed by atoms with Gasteiger partial charge in [0.1, 0.15) is 5.82 Å². The zero-order chi connectivity index (χ0) is 11.5. The fraction of sp³-hybridized carbons (Fsp3) is 0.545. The third-order valence-electron chi connectivity index (χ3n) is 2.92. The summed E-state index contributed by atoms with van der Waals surface area (Å²) in [7, 11) is 2.05. The molecule has 2 heterocycles. The van der Waals surface area contributed by atoms with Crippen LogP contribution in [0.5, 0.6) is 0 Å². The molecule has 1 aromatic heterocycles. The Balaban J connectivity index is 2.24. The van der Waals surface area contributed by atoms with Crippen molar-refractivity contribution in [2.24, 2.45) is 5.73 Å². The maximum absolute atomic E-state index is 5.74. The minimum absolute atomic E-state index is 0.416. The van der Waals surface area contributed by atoms with Crippen molar-refractivity contribution in [2.75, 3.05) is 25.2 Å². The van der Waals surface area contributed by atoms with Gasteiger partial charge < -0.3 is 15.4 Å². The molecule has 1 unspecified atom stereocenters. The van der Waals surface area contributed by atoms with Crippen LogP contribution in [0.3, 0.4) is 0 Å². The Labute approximate surface area is 104 Å². The molecular formula is C11H16BrN3O. The minimum atomic E-state index is 0.416. The highest BCUT2D eigenvalue weighted by molar-refractivity contribution is 9.10. The van der Waals surface area contributed by atoms with E-state index in [1.807, 2.05) is 6.07 Å². The summed E-state index contributed by atoms with van der Waals surface area (Å²) in [6, 6.07) is 2.44. The fourth-order valence-electron chi connectivity index (χ4n) is 1.94. The first-order valence-corrected chi connectivity index (χ1v) is 6.16. The van der Waals surface area contributed by atoms with Crippen LogP contribution in [-0.2, 0) is 11.3 Å². The molecule has 1 aliphatic heterocycles. The number of ether oxygens (including phenoxy) is 1. The largest absolute Gasteiger partial charge is 0.379 e. The number of hydrogen-bond acceptors (Lipinski definition) is 4. The predicted octanol–water partition coefficient (Wildman–Crippen LogP) is 1.53. The van der Waals surface area contributed by atoms with Gasteiger partial charge in [-0.25, -0.2) is 4.98 Å². The van der Waals surface area contributed by atoms with E-state index in [1.165, 1.54) is 0 Å². The van der Waals surface area contributed by atoms with E-state index >= 15 is 0 Å². The van der Waals surface area contributed by atoms with E-state index in [1.54, 1.807) is 6.20 Å². The lowest BCUT2D eigenvalue weighted by Gasteiger charge is -2.26. The van der Waals surface area contributed by atoms with Gasteiger partial charge >= 0.3 is 0 Å². The van der Waals surface area contributed by atoms with Gasteiger partial charge in [0.15, 0.2) is 0 Å². The minimum Gasteiger partial charge on any atom is -0.379 e. The van der Waals surface area contributed by atoms with Crippen LogP contribution in [0.1, 0.15) is 12.0 Å². The Kier molecular flexibility index (Phi) is 3.78. The molecule has 2 N–H and O–H groups in total. The van der Waals surface area contributed by atoms with Gasteiger partial charge in [0.05, 0.1) is 12.6 Å². The topological polar surface area (TPSA) is 51.4 Å². The average Bonchev–Trinajstić information content (AvgIpc) is 2.81. The van der Waals surface area contributed by atoms with Crippen LogP contribution in [0.25, 0.3) is 0 Å². The number of pyridine rings is 1. The Hall–Kier alpha value is -0.650. The second-order valence-electron chi connectivity index (χ2n) is 3.97. The van der Waals surface area contributed by atoms with E-state index in [-0.39, 0.29) is 0 Å². The van der Waals surface area contributed by atoms with Gasteiger partial charge in [0, 0.05) is 36.4 Å². The van der Waals surface area contributed by atoms with Crippen LogP contribution in [0.4, 0.5) is 5.82 Å². The highest BCUT2D eigenvalue weighted by atomic mass is 79.9. The average molecular weight is 286 g/mol. The Morgan fingerprint density at radius 3 is 3.12 bits per heavy atom. The Bertz CT molecular complexity index is 366. The summed E-state index contributed by atoms with van der Waals surface area (Å²) in [5.41, 5.74) is 6.80. The Morgan fingerprint density at radius 2 is 2.50 bits per heavy atom. The number of aromatic nitrogens is 1. The van der Waals surface area contributed by atoms with Crippen molar-refractivity contribution in [2.45, 2.75) is 19.0 Å². The van der Waals surface area contributed by atoms with Gasteiger partial charge in [-0.2, -0.15) is 0 Å². The molecule has 5 heteroatoms. The van der Waals surface area contributed by atoms with Gasteiger partial charge in [-0.1, -0.05) is 0 Å². The summed E-state index contributed by atoms with van der Waals surface area (Å²) in [6.07, 6.45) is 2.86. The quantitative estimate of drug-likeness (QED) is 0.915. The highest BCUT2D eigenvalue weighted by Crippen LogP contribution is 2.24. The van der Waals surface area contributed by atoms with Crippen molar-refractivity contribution >= 4 is 21.7 Å². The first-order chi connectivity index (χ1) is 7.72. The lowest BCUT2D eigenvalue weighted by atomic mass is 10.2. The van der Waals surface area contributed by atoms with Crippen LogP contribution < -0.4 is 10.6 Å². The first kappa shape index (κ1) is 11.8. The first-order valence-electron chi connectivity index (χ1n) is 5.37. The van der Waals surface area contributed by atoms with Crippen LogP contribution in [0, 0.1) is 0 Å². The molecule has 2 rings (SSSR count). The van der Waals surface area contributed by atoms with E-state index in [2.05, 4.69) is 32.9 Å². The highest BCUT2D eigenvalue weighted by Gasteiger charge is 2.22. The number of hydrogen-bond donors (Lipinski definition) is 1. The fourth-order valence-corrected chi connectivity index (χ4v) is 2.32. The summed E-state index contributed by atoms with van der Waals surface area (Å²) in [4.78, 5) is 6.61. The zero-order valence-corrected chi connectivity index (χ0v) is 10.9. The number of likely N-dealkylation sites (N-methyl/N-ethyl adjacent to an activating group) is 1. The molecule has 1 atom stereocenters. The van der Waals surface area contributed by atoms with Crippen LogP contribution in [0.2, 0.25) is 0 Å². The lowest BCUT2D eigenvalue weighted by molar-refractivity contribution is 0.193. The van der Waals surface area contributed by atoms with E-state index in [4.69, 9.17) is 10.5 Å². The second kappa shape index (κ2) is 5.12. The summed E-state index contributed by atoms with van der Waals surface area (Å²) in [5.74, 6) is 0.959. The SMILES string of the molecule is CN(c1ncc(Br)cc1CN)C1CCOC1. The summed E-state index contributed by atoms with van der Waals surface area (Å²) >= 11 is 3.41. The maximum Gasteiger partial charge on any atom is 0.133 e. The molecule has 1 aromatic rings. The van der Waals surface area contributed by atoms with Crippen LogP contribution in [-0.4, -0.2) is 31.3 Å². The van der Waals surface area contributed by atoms with Crippen molar-refractivity contribution in [3.63, 3.8) is 0 Å². The molecule has 1 saturated heterocycles. The summed E-state index contributed by atoms with van der Waals surface area (Å²) in [6.45, 7) is 2.11. The molecular weight excluding hydrogens is 270 g/mol. The van der Waals surface area contributed by atoms with Crippen molar-refractivity contribution in [1.82, 2.24) is 4.98 Å². The van der Waals surface area contributed by atoms with E-state index in [9.17, 15) is 0 Å². The van der Waals surface area contributed by atoms with Crippen molar-refractivity contribution in [1.29, 1.82) is 0 Å². The number of nitrogens with zero attached hydrogens (tertiary/aromatic N) is 2. The number of anilines is 1. The molecule has 1 fully saturated rings. The van der Waals surface area contributed by atoms with Crippen molar-refractivity contribution in [3.8, 4) is 0 Å². The summed E-state index contributed by atoms with van der Waals surface area (Å²) < 4.78 is 6.35. The second-order valence-corrected chi connectivity index (χ2v) is 4.88. The lowest BCUT2D eigenvalue weighted by Crippen LogP contribution is -2.33. The van der Waals surface area contributed by atoms with Gasteiger partial charge in [-0.15, -0.1) is 0 Å². The predicted molar refractivity (Wildman–Crippen MR) is 67.5 cm³/mol. The molecule has 88 valence electrons. The van der Waals surface area contributed by atoms with Gasteiger partial charge in [0.2, 0.25) is 0 Å². The molecule has 4 nitrogen and oxygen atoms in total. The van der Waals surface area contributed by atoms with Crippen LogP contribution in [0.15, 0.2) is 16.7 Å². The van der Waals surface area contributed by atoms with E-state index in [0.717, 1.165) is 35.5 Å². The number of rotatable bonds is 3. The maximum atomic E-state index is 5.74. The van der Waals surface area contributed by atoms with Crippen LogP contribution >= 0.6 is 15.9 Å². The Morgan fingerprint density at radius 1 is 1.69 bits per heavy atom. The van der Waals surface area contributed by atoms with E-state index < -0.39 is 0 Å². The number of halogens is 1. The molecule has 0 amide bonds.